The van der Waals surface area contributed by atoms with E-state index in [9.17, 15) is 4.79 Å². The molecule has 1 atom stereocenters. The molecule has 1 heterocycles. The molecule has 1 N–H and O–H groups in total. The highest BCUT2D eigenvalue weighted by Crippen LogP contribution is 2.14. The van der Waals surface area contributed by atoms with Crippen LogP contribution in [0.2, 0.25) is 0 Å². The molecule has 0 radical (unpaired) electrons. The maximum Gasteiger partial charge on any atom is 0.220 e. The van der Waals surface area contributed by atoms with Gasteiger partial charge in [0.15, 0.2) is 0 Å². The number of allylic oxidation sites excluding steroid dienone is 2. The zero-order valence-electron chi connectivity index (χ0n) is 13.3. The minimum atomic E-state index is 0.244. The zero-order chi connectivity index (χ0) is 14.5. The molecule has 0 aromatic heterocycles. The maximum absolute atomic E-state index is 11.0. The molecule has 1 amide bonds. The van der Waals surface area contributed by atoms with Crippen LogP contribution in [-0.2, 0) is 4.79 Å². The second-order valence-corrected chi connectivity index (χ2v) is 6.12. The van der Waals surface area contributed by atoms with Crippen LogP contribution in [0.15, 0.2) is 12.2 Å². The second kappa shape index (κ2) is 12.0. The number of hydrogen-bond donors (Lipinski definition) is 1. The molecule has 0 saturated carbocycles. The van der Waals surface area contributed by atoms with Crippen LogP contribution in [0.5, 0.6) is 0 Å². The number of hydrogen-bond acceptors (Lipinski definition) is 1. The van der Waals surface area contributed by atoms with Gasteiger partial charge in [0, 0.05) is 12.5 Å². The fraction of sp³-hybridized carbons (Fsp3) is 0.833. The zero-order valence-corrected chi connectivity index (χ0v) is 13.3. The topological polar surface area (TPSA) is 29.1 Å². The SMILES string of the molecule is CCCCCCCC/C=C/CCCCC1CCC(=O)N1. The van der Waals surface area contributed by atoms with Crippen molar-refractivity contribution in [2.75, 3.05) is 0 Å². The minimum Gasteiger partial charge on any atom is -0.353 e. The summed E-state index contributed by atoms with van der Waals surface area (Å²) in [4.78, 5) is 11.0. The fourth-order valence-electron chi connectivity index (χ4n) is 2.82. The van der Waals surface area contributed by atoms with Gasteiger partial charge in [0.2, 0.25) is 5.91 Å². The van der Waals surface area contributed by atoms with Crippen molar-refractivity contribution in [3.8, 4) is 0 Å². The van der Waals surface area contributed by atoms with Gasteiger partial charge >= 0.3 is 0 Å². The van der Waals surface area contributed by atoms with Crippen LogP contribution in [0.1, 0.15) is 90.4 Å². The molecule has 0 aromatic rings. The molecule has 0 bridgehead atoms. The molecule has 20 heavy (non-hydrogen) atoms. The van der Waals surface area contributed by atoms with Gasteiger partial charge in [0.1, 0.15) is 0 Å². The summed E-state index contributed by atoms with van der Waals surface area (Å²) in [6.07, 6.45) is 20.9. The van der Waals surface area contributed by atoms with E-state index in [-0.39, 0.29) is 5.91 Å². The Morgan fingerprint density at radius 1 is 1.00 bits per heavy atom. The van der Waals surface area contributed by atoms with Crippen molar-refractivity contribution in [1.29, 1.82) is 0 Å². The van der Waals surface area contributed by atoms with Crippen molar-refractivity contribution >= 4 is 5.91 Å². The van der Waals surface area contributed by atoms with Gasteiger partial charge in [-0.25, -0.2) is 0 Å². The molecule has 116 valence electrons. The lowest BCUT2D eigenvalue weighted by molar-refractivity contribution is -0.119. The Kier molecular flexibility index (Phi) is 10.3. The van der Waals surface area contributed by atoms with E-state index in [2.05, 4.69) is 24.4 Å². The van der Waals surface area contributed by atoms with Crippen molar-refractivity contribution in [3.63, 3.8) is 0 Å². The van der Waals surface area contributed by atoms with Crippen molar-refractivity contribution in [2.45, 2.75) is 96.4 Å². The molecule has 2 heteroatoms. The van der Waals surface area contributed by atoms with E-state index in [1.54, 1.807) is 0 Å². The Labute approximate surface area is 125 Å². The predicted octanol–water partition coefficient (Wildman–Crippen LogP) is 5.13. The quantitative estimate of drug-likeness (QED) is 0.389. The van der Waals surface area contributed by atoms with Gasteiger partial charge in [0.25, 0.3) is 0 Å². The first-order valence-electron chi connectivity index (χ1n) is 8.77. The van der Waals surface area contributed by atoms with E-state index in [4.69, 9.17) is 0 Å². The average Bonchev–Trinajstić information content (AvgIpc) is 2.86. The highest BCUT2D eigenvalue weighted by atomic mass is 16.1. The van der Waals surface area contributed by atoms with Crippen molar-refractivity contribution < 1.29 is 4.79 Å². The fourth-order valence-corrected chi connectivity index (χ4v) is 2.82. The summed E-state index contributed by atoms with van der Waals surface area (Å²) >= 11 is 0. The number of carbonyl (C=O) groups is 1. The highest BCUT2D eigenvalue weighted by molar-refractivity contribution is 5.78. The molecule has 1 fully saturated rings. The third-order valence-electron chi connectivity index (χ3n) is 4.15. The number of carbonyl (C=O) groups excluding carboxylic acids is 1. The summed E-state index contributed by atoms with van der Waals surface area (Å²) in [5, 5.41) is 3.04. The third kappa shape index (κ3) is 9.17. The minimum absolute atomic E-state index is 0.244. The van der Waals surface area contributed by atoms with Gasteiger partial charge in [0.05, 0.1) is 0 Å². The number of unbranched alkanes of at least 4 members (excludes halogenated alkanes) is 8. The Hall–Kier alpha value is -0.790. The number of rotatable bonds is 12. The van der Waals surface area contributed by atoms with Crippen LogP contribution >= 0.6 is 0 Å². The van der Waals surface area contributed by atoms with E-state index in [0.717, 1.165) is 19.3 Å². The monoisotopic (exact) mass is 279 g/mol. The van der Waals surface area contributed by atoms with Gasteiger partial charge < -0.3 is 5.32 Å². The molecule has 0 spiro atoms. The lowest BCUT2D eigenvalue weighted by atomic mass is 10.1. The van der Waals surface area contributed by atoms with Crippen LogP contribution in [0.25, 0.3) is 0 Å². The molecule has 1 saturated heterocycles. The maximum atomic E-state index is 11.0. The lowest BCUT2D eigenvalue weighted by Crippen LogP contribution is -2.24. The van der Waals surface area contributed by atoms with Gasteiger partial charge in [-0.05, 0) is 38.5 Å². The van der Waals surface area contributed by atoms with E-state index < -0.39 is 0 Å². The first-order chi connectivity index (χ1) is 9.83. The molecule has 1 rings (SSSR count). The number of nitrogens with one attached hydrogen (secondary N) is 1. The summed E-state index contributed by atoms with van der Waals surface area (Å²) in [7, 11) is 0. The highest BCUT2D eigenvalue weighted by Gasteiger charge is 2.19. The van der Waals surface area contributed by atoms with Crippen molar-refractivity contribution in [1.82, 2.24) is 5.32 Å². The first kappa shape index (κ1) is 17.3. The first-order valence-corrected chi connectivity index (χ1v) is 8.77. The third-order valence-corrected chi connectivity index (χ3v) is 4.15. The summed E-state index contributed by atoms with van der Waals surface area (Å²) in [6, 6.07) is 0.467. The lowest BCUT2D eigenvalue weighted by Gasteiger charge is -2.08. The Bertz CT molecular complexity index is 273. The molecular formula is C18H33NO. The van der Waals surface area contributed by atoms with Crippen LogP contribution in [0.3, 0.4) is 0 Å². The molecule has 2 nitrogen and oxygen atoms in total. The molecule has 0 aromatic carbocycles. The number of amides is 1. The molecule has 0 aliphatic carbocycles. The molecule has 1 aliphatic rings. The van der Waals surface area contributed by atoms with Gasteiger partial charge in [-0.2, -0.15) is 0 Å². The van der Waals surface area contributed by atoms with Crippen molar-refractivity contribution in [3.05, 3.63) is 12.2 Å². The van der Waals surface area contributed by atoms with Crippen LogP contribution < -0.4 is 5.32 Å². The van der Waals surface area contributed by atoms with E-state index >= 15 is 0 Å². The van der Waals surface area contributed by atoms with Crippen LogP contribution in [0.4, 0.5) is 0 Å². The van der Waals surface area contributed by atoms with E-state index in [1.165, 1.54) is 64.2 Å². The predicted molar refractivity (Wildman–Crippen MR) is 86.8 cm³/mol. The normalized spacial score (nSPS) is 18.9. The molecule has 1 aliphatic heterocycles. The van der Waals surface area contributed by atoms with E-state index in [0.29, 0.717) is 6.04 Å². The van der Waals surface area contributed by atoms with Crippen LogP contribution in [0, 0.1) is 0 Å². The largest absolute Gasteiger partial charge is 0.353 e. The van der Waals surface area contributed by atoms with E-state index in [1.807, 2.05) is 0 Å². The Morgan fingerprint density at radius 2 is 1.65 bits per heavy atom. The van der Waals surface area contributed by atoms with Crippen LogP contribution in [-0.4, -0.2) is 11.9 Å². The second-order valence-electron chi connectivity index (χ2n) is 6.12. The standard InChI is InChI=1S/C18H33NO/c1-2-3-4-5-6-7-8-9-10-11-12-13-14-17-15-16-18(20)19-17/h9-10,17H,2-8,11-16H2,1H3,(H,19,20)/b10-9+. The van der Waals surface area contributed by atoms with Gasteiger partial charge in [-0.3, -0.25) is 4.79 Å². The van der Waals surface area contributed by atoms with Crippen molar-refractivity contribution in [2.24, 2.45) is 0 Å². The van der Waals surface area contributed by atoms with Gasteiger partial charge in [-0.1, -0.05) is 57.6 Å². The summed E-state index contributed by atoms with van der Waals surface area (Å²) in [5.41, 5.74) is 0. The molecular weight excluding hydrogens is 246 g/mol. The smallest absolute Gasteiger partial charge is 0.220 e. The summed E-state index contributed by atoms with van der Waals surface area (Å²) < 4.78 is 0. The Balaban J connectivity index is 1.79. The Morgan fingerprint density at radius 3 is 2.30 bits per heavy atom. The summed E-state index contributed by atoms with van der Waals surface area (Å²) in [6.45, 7) is 2.27. The van der Waals surface area contributed by atoms with Gasteiger partial charge in [-0.15, -0.1) is 0 Å². The average molecular weight is 279 g/mol. The molecule has 1 unspecified atom stereocenters. The summed E-state index contributed by atoms with van der Waals surface area (Å²) in [5.74, 6) is 0.244.